The van der Waals surface area contributed by atoms with Crippen molar-refractivity contribution in [2.24, 2.45) is 11.8 Å². The number of morpholine rings is 1. The van der Waals surface area contributed by atoms with Crippen LogP contribution in [0.25, 0.3) is 0 Å². The molecule has 1 atom stereocenters. The maximum Gasteiger partial charge on any atom is 0.244 e. The van der Waals surface area contributed by atoms with Crippen molar-refractivity contribution in [2.75, 3.05) is 26.3 Å². The number of ether oxygens (including phenoxy) is 1. The van der Waals surface area contributed by atoms with E-state index in [0.29, 0.717) is 32.2 Å². The number of carbonyl (C=O) groups is 2. The van der Waals surface area contributed by atoms with Crippen LogP contribution in [0.15, 0.2) is 0 Å². The number of nitrogens with one attached hydrogen (secondary N) is 1. The summed E-state index contributed by atoms with van der Waals surface area (Å²) in [6, 6.07) is 0. The van der Waals surface area contributed by atoms with Crippen LogP contribution in [0.5, 0.6) is 0 Å². The smallest absolute Gasteiger partial charge is 0.244 e. The molecule has 2 rings (SSSR count). The van der Waals surface area contributed by atoms with Gasteiger partial charge in [-0.2, -0.15) is 0 Å². The van der Waals surface area contributed by atoms with Gasteiger partial charge in [0.25, 0.3) is 0 Å². The van der Waals surface area contributed by atoms with Gasteiger partial charge < -0.3 is 9.64 Å². The molecule has 0 spiro atoms. The fraction of sp³-hybridized carbons (Fsp3) is 0.857. The van der Waals surface area contributed by atoms with Gasteiger partial charge in [-0.05, 0) is 12.3 Å². The van der Waals surface area contributed by atoms with Crippen LogP contribution in [0.2, 0.25) is 0 Å². The third-order valence-electron chi connectivity index (χ3n) is 4.32. The van der Waals surface area contributed by atoms with Gasteiger partial charge in [-0.3, -0.25) is 14.8 Å². The Hall–Kier alpha value is -1.14. The van der Waals surface area contributed by atoms with Gasteiger partial charge in [-0.1, -0.05) is 25.7 Å². The largest absolute Gasteiger partial charge is 0.378 e. The highest BCUT2D eigenvalue weighted by molar-refractivity contribution is 5.85. The average molecular weight is 284 g/mol. The Labute approximate surface area is 119 Å². The van der Waals surface area contributed by atoms with Crippen LogP contribution in [0.3, 0.4) is 0 Å². The van der Waals surface area contributed by atoms with Crippen LogP contribution in [0.1, 0.15) is 38.5 Å². The molecule has 0 unspecified atom stereocenters. The van der Waals surface area contributed by atoms with Crippen LogP contribution in [0, 0.1) is 11.8 Å². The predicted octanol–water partition coefficient (Wildman–Crippen LogP) is 0.937. The van der Waals surface area contributed by atoms with Gasteiger partial charge in [0.2, 0.25) is 11.8 Å². The third-order valence-corrected chi connectivity index (χ3v) is 4.32. The van der Waals surface area contributed by atoms with E-state index >= 15 is 0 Å². The van der Waals surface area contributed by atoms with Crippen molar-refractivity contribution >= 4 is 11.8 Å². The Balaban J connectivity index is 1.95. The van der Waals surface area contributed by atoms with Crippen molar-refractivity contribution < 1.29 is 19.5 Å². The summed E-state index contributed by atoms with van der Waals surface area (Å²) in [4.78, 5) is 25.8. The van der Waals surface area contributed by atoms with Gasteiger partial charge >= 0.3 is 0 Å². The van der Waals surface area contributed by atoms with Crippen molar-refractivity contribution in [1.82, 2.24) is 10.4 Å². The first-order chi connectivity index (χ1) is 9.70. The molecule has 0 aromatic rings. The van der Waals surface area contributed by atoms with E-state index in [-0.39, 0.29) is 18.2 Å². The van der Waals surface area contributed by atoms with Crippen molar-refractivity contribution in [2.45, 2.75) is 38.5 Å². The number of amides is 2. The van der Waals surface area contributed by atoms with Crippen molar-refractivity contribution in [3.8, 4) is 0 Å². The molecule has 20 heavy (non-hydrogen) atoms. The van der Waals surface area contributed by atoms with Gasteiger partial charge in [-0.25, -0.2) is 5.48 Å². The number of carbonyl (C=O) groups excluding carboxylic acids is 2. The molecule has 0 bridgehead atoms. The first-order valence-electron chi connectivity index (χ1n) is 7.50. The van der Waals surface area contributed by atoms with Gasteiger partial charge in [0.15, 0.2) is 0 Å². The van der Waals surface area contributed by atoms with Gasteiger partial charge in [0.05, 0.1) is 13.2 Å². The summed E-state index contributed by atoms with van der Waals surface area (Å²) in [5, 5.41) is 8.69. The number of hydroxylamine groups is 1. The van der Waals surface area contributed by atoms with E-state index in [4.69, 9.17) is 9.94 Å². The summed E-state index contributed by atoms with van der Waals surface area (Å²) < 4.78 is 5.25. The molecule has 2 amide bonds. The lowest BCUT2D eigenvalue weighted by atomic mass is 9.89. The zero-order valence-corrected chi connectivity index (χ0v) is 11.8. The second-order valence-electron chi connectivity index (χ2n) is 5.76. The van der Waals surface area contributed by atoms with Gasteiger partial charge in [0, 0.05) is 25.4 Å². The molecule has 1 aliphatic carbocycles. The van der Waals surface area contributed by atoms with E-state index in [1.54, 1.807) is 10.4 Å². The molecule has 0 aromatic heterocycles. The van der Waals surface area contributed by atoms with E-state index in [2.05, 4.69) is 0 Å². The fourth-order valence-electron chi connectivity index (χ4n) is 3.23. The van der Waals surface area contributed by atoms with Crippen molar-refractivity contribution in [3.05, 3.63) is 0 Å². The summed E-state index contributed by atoms with van der Waals surface area (Å²) >= 11 is 0. The lowest BCUT2D eigenvalue weighted by molar-refractivity contribution is -0.144. The second kappa shape index (κ2) is 7.59. The standard InChI is InChI=1S/C14H24N2O4/c17-13(15-19)10-12(9-11-3-1-2-4-11)14(18)16-5-7-20-8-6-16/h11-12,19H,1-10H2,(H,15,17)/t12-/m1/s1. The summed E-state index contributed by atoms with van der Waals surface area (Å²) in [5.41, 5.74) is 1.64. The maximum absolute atomic E-state index is 12.5. The SMILES string of the molecule is O=C(C[C@@H](CC1CCCC1)C(=O)N1CCOCC1)NO. The quantitative estimate of drug-likeness (QED) is 0.581. The molecule has 2 fully saturated rings. The molecular formula is C14H24N2O4. The van der Waals surface area contributed by atoms with Crippen LogP contribution in [-0.4, -0.2) is 48.2 Å². The number of rotatable bonds is 5. The van der Waals surface area contributed by atoms with Crippen LogP contribution in [-0.2, 0) is 14.3 Å². The van der Waals surface area contributed by atoms with Crippen LogP contribution in [0.4, 0.5) is 0 Å². The van der Waals surface area contributed by atoms with Crippen molar-refractivity contribution in [3.63, 3.8) is 0 Å². The number of hydrogen-bond donors (Lipinski definition) is 2. The first kappa shape index (κ1) is 15.3. The van der Waals surface area contributed by atoms with Crippen LogP contribution < -0.4 is 5.48 Å². The summed E-state index contributed by atoms with van der Waals surface area (Å²) in [7, 11) is 0. The molecule has 114 valence electrons. The molecule has 0 aromatic carbocycles. The zero-order valence-electron chi connectivity index (χ0n) is 11.8. The highest BCUT2D eigenvalue weighted by Gasteiger charge is 2.30. The van der Waals surface area contributed by atoms with E-state index < -0.39 is 5.91 Å². The van der Waals surface area contributed by atoms with E-state index in [0.717, 1.165) is 19.3 Å². The number of nitrogens with zero attached hydrogens (tertiary/aromatic N) is 1. The highest BCUT2D eigenvalue weighted by atomic mass is 16.5. The van der Waals surface area contributed by atoms with E-state index in [9.17, 15) is 9.59 Å². The monoisotopic (exact) mass is 284 g/mol. The molecule has 1 saturated heterocycles. The maximum atomic E-state index is 12.5. The van der Waals surface area contributed by atoms with Gasteiger partial charge in [-0.15, -0.1) is 0 Å². The third kappa shape index (κ3) is 4.18. The Morgan fingerprint density at radius 3 is 2.50 bits per heavy atom. The lowest BCUT2D eigenvalue weighted by Crippen LogP contribution is -2.45. The minimum atomic E-state index is -0.477. The van der Waals surface area contributed by atoms with E-state index in [1.165, 1.54) is 12.8 Å². The Kier molecular flexibility index (Phi) is 5.79. The van der Waals surface area contributed by atoms with E-state index in [1.807, 2.05) is 0 Å². The molecule has 2 N–H and O–H groups in total. The zero-order chi connectivity index (χ0) is 14.4. The molecule has 1 heterocycles. The minimum absolute atomic E-state index is 0.0313. The Bertz CT molecular complexity index is 336. The lowest BCUT2D eigenvalue weighted by Gasteiger charge is -2.31. The van der Waals surface area contributed by atoms with Crippen LogP contribution >= 0.6 is 0 Å². The first-order valence-corrected chi connectivity index (χ1v) is 7.50. The predicted molar refractivity (Wildman–Crippen MR) is 72.0 cm³/mol. The Morgan fingerprint density at radius 2 is 1.90 bits per heavy atom. The molecule has 0 radical (unpaired) electrons. The fourth-order valence-corrected chi connectivity index (χ4v) is 3.23. The minimum Gasteiger partial charge on any atom is -0.378 e. The molecular weight excluding hydrogens is 260 g/mol. The highest BCUT2D eigenvalue weighted by Crippen LogP contribution is 2.32. The van der Waals surface area contributed by atoms with Gasteiger partial charge in [0.1, 0.15) is 0 Å². The van der Waals surface area contributed by atoms with Crippen molar-refractivity contribution in [1.29, 1.82) is 0 Å². The Morgan fingerprint density at radius 1 is 1.25 bits per heavy atom. The average Bonchev–Trinajstić information content (AvgIpc) is 2.99. The number of hydrogen-bond acceptors (Lipinski definition) is 4. The normalized spacial score (nSPS) is 21.8. The summed E-state index contributed by atoms with van der Waals surface area (Å²) in [5.74, 6) is -0.224. The summed E-state index contributed by atoms with van der Waals surface area (Å²) in [6.45, 7) is 2.32. The molecule has 1 aliphatic heterocycles. The molecule has 1 saturated carbocycles. The topological polar surface area (TPSA) is 78.9 Å². The summed E-state index contributed by atoms with van der Waals surface area (Å²) in [6.07, 6.45) is 5.55. The molecule has 6 heteroatoms. The second-order valence-corrected chi connectivity index (χ2v) is 5.76. The molecule has 2 aliphatic rings. The molecule has 6 nitrogen and oxygen atoms in total.